The van der Waals surface area contributed by atoms with Crippen LogP contribution in [0.2, 0.25) is 0 Å². The van der Waals surface area contributed by atoms with E-state index in [0.29, 0.717) is 33.8 Å². The van der Waals surface area contributed by atoms with Crippen molar-refractivity contribution in [1.82, 2.24) is 15.2 Å². The third-order valence-corrected chi connectivity index (χ3v) is 5.78. The molecule has 4 heterocycles. The minimum absolute atomic E-state index is 0.155. The lowest BCUT2D eigenvalue weighted by Crippen LogP contribution is -2.47. The maximum absolute atomic E-state index is 12.8. The van der Waals surface area contributed by atoms with Gasteiger partial charge < -0.3 is 20.0 Å². The Hall–Kier alpha value is -3.19. The van der Waals surface area contributed by atoms with Gasteiger partial charge in [-0.1, -0.05) is 18.2 Å². The molecule has 0 saturated carbocycles. The Morgan fingerprint density at radius 2 is 2.00 bits per heavy atom. The van der Waals surface area contributed by atoms with Crippen molar-refractivity contribution in [3.05, 3.63) is 60.1 Å². The molecule has 2 bridgehead atoms. The average molecular weight is 390 g/mol. The van der Waals surface area contributed by atoms with E-state index in [4.69, 9.17) is 4.42 Å². The highest BCUT2D eigenvalue weighted by atomic mass is 16.3. The van der Waals surface area contributed by atoms with Crippen LogP contribution < -0.4 is 10.6 Å². The second kappa shape index (κ2) is 7.33. The molecule has 2 amide bonds. The molecule has 2 aliphatic rings. The number of aromatic nitrogens is 1. The third kappa shape index (κ3) is 3.61. The van der Waals surface area contributed by atoms with E-state index >= 15 is 0 Å². The molecule has 0 radical (unpaired) electrons. The number of pyridine rings is 1. The fraction of sp³-hybridized carbons (Fsp3) is 0.318. The summed E-state index contributed by atoms with van der Waals surface area (Å²) < 4.78 is 5.49. The number of benzene rings is 1. The van der Waals surface area contributed by atoms with Crippen molar-refractivity contribution in [2.24, 2.45) is 5.92 Å². The summed E-state index contributed by atoms with van der Waals surface area (Å²) in [4.78, 5) is 31.9. The largest absolute Gasteiger partial charge is 0.460 e. The lowest BCUT2D eigenvalue weighted by Gasteiger charge is -2.30. The van der Waals surface area contributed by atoms with Crippen molar-refractivity contribution in [1.29, 1.82) is 0 Å². The molecule has 2 saturated heterocycles. The van der Waals surface area contributed by atoms with Crippen molar-refractivity contribution in [3.8, 4) is 0 Å². The summed E-state index contributed by atoms with van der Waals surface area (Å²) in [5.74, 6) is 0.252. The highest BCUT2D eigenvalue weighted by Crippen LogP contribution is 2.28. The summed E-state index contributed by atoms with van der Waals surface area (Å²) in [6.07, 6.45) is 5.24. The highest BCUT2D eigenvalue weighted by molar-refractivity contribution is 6.09. The van der Waals surface area contributed by atoms with Crippen molar-refractivity contribution in [3.63, 3.8) is 0 Å². The lowest BCUT2D eigenvalue weighted by molar-refractivity contribution is 0.0904. The van der Waals surface area contributed by atoms with Crippen LogP contribution >= 0.6 is 0 Å². The Labute approximate surface area is 168 Å². The zero-order valence-electron chi connectivity index (χ0n) is 15.9. The number of anilines is 1. The molecule has 5 rings (SSSR count). The van der Waals surface area contributed by atoms with E-state index in [0.717, 1.165) is 26.1 Å². The van der Waals surface area contributed by atoms with Gasteiger partial charge in [-0.3, -0.25) is 9.59 Å². The molecule has 0 spiro atoms. The monoisotopic (exact) mass is 390 g/mol. The second-order valence-electron chi connectivity index (χ2n) is 7.86. The predicted octanol–water partition coefficient (Wildman–Crippen LogP) is 2.90. The van der Waals surface area contributed by atoms with Gasteiger partial charge in [0.15, 0.2) is 5.58 Å². The van der Waals surface area contributed by atoms with Gasteiger partial charge in [-0.05, 0) is 43.5 Å². The number of amides is 2. The Bertz CT molecular complexity index is 1050. The Morgan fingerprint density at radius 3 is 2.83 bits per heavy atom. The first-order valence-electron chi connectivity index (χ1n) is 9.92. The van der Waals surface area contributed by atoms with E-state index in [2.05, 4.69) is 20.5 Å². The van der Waals surface area contributed by atoms with Crippen molar-refractivity contribution in [2.75, 3.05) is 25.0 Å². The fourth-order valence-corrected chi connectivity index (χ4v) is 4.36. The molecule has 3 aromatic rings. The Kier molecular flexibility index (Phi) is 4.52. The maximum atomic E-state index is 12.8. The zero-order chi connectivity index (χ0) is 19.8. The van der Waals surface area contributed by atoms with Crippen LogP contribution in [0.1, 0.15) is 33.7 Å². The van der Waals surface area contributed by atoms with Crippen LogP contribution in [0.5, 0.6) is 0 Å². The molecular weight excluding hydrogens is 368 g/mol. The average Bonchev–Trinajstić information content (AvgIpc) is 3.30. The topological polar surface area (TPSA) is 87.5 Å². The minimum Gasteiger partial charge on any atom is -0.460 e. The number of carbonyl (C=O) groups excluding carboxylic acids is 2. The van der Waals surface area contributed by atoms with Crippen LogP contribution in [0.15, 0.2) is 53.3 Å². The lowest BCUT2D eigenvalue weighted by atomic mass is 9.97. The van der Waals surface area contributed by atoms with Crippen LogP contribution in [-0.4, -0.2) is 47.4 Å². The molecule has 1 aromatic carbocycles. The van der Waals surface area contributed by atoms with E-state index < -0.39 is 0 Å². The molecule has 2 aromatic heterocycles. The third-order valence-electron chi connectivity index (χ3n) is 5.78. The van der Waals surface area contributed by atoms with Crippen molar-refractivity contribution in [2.45, 2.75) is 18.9 Å². The van der Waals surface area contributed by atoms with Gasteiger partial charge in [-0.2, -0.15) is 0 Å². The molecule has 0 aliphatic carbocycles. The van der Waals surface area contributed by atoms with Crippen molar-refractivity contribution >= 4 is 28.5 Å². The molecule has 2 N–H and O–H groups in total. The number of furan rings is 1. The first-order chi connectivity index (χ1) is 14.2. The molecule has 7 heteroatoms. The number of hydrogen-bond donors (Lipinski definition) is 2. The van der Waals surface area contributed by atoms with Gasteiger partial charge in [0.1, 0.15) is 12.0 Å². The van der Waals surface area contributed by atoms with Crippen LogP contribution in [0, 0.1) is 5.92 Å². The minimum atomic E-state index is -0.233. The molecule has 3 unspecified atom stereocenters. The molecule has 3 atom stereocenters. The van der Waals surface area contributed by atoms with Gasteiger partial charge in [0.05, 0.1) is 11.9 Å². The summed E-state index contributed by atoms with van der Waals surface area (Å²) in [5, 5.41) is 6.62. The number of carbonyl (C=O) groups is 2. The zero-order valence-corrected chi connectivity index (χ0v) is 15.9. The summed E-state index contributed by atoms with van der Waals surface area (Å²) >= 11 is 0. The molecule has 148 valence electrons. The van der Waals surface area contributed by atoms with Gasteiger partial charge in [0.25, 0.3) is 11.8 Å². The summed E-state index contributed by atoms with van der Waals surface area (Å²) in [6, 6.07) is 10.8. The normalized spacial score (nSPS) is 23.1. The summed E-state index contributed by atoms with van der Waals surface area (Å²) in [6.45, 7) is 3.17. The number of piperidine rings is 1. The van der Waals surface area contributed by atoms with Gasteiger partial charge in [-0.15, -0.1) is 0 Å². The predicted molar refractivity (Wildman–Crippen MR) is 109 cm³/mol. The van der Waals surface area contributed by atoms with Crippen LogP contribution in [0.4, 0.5) is 5.69 Å². The SMILES string of the molecule is O=C(Nc1coc2cnc(C(=O)NC3CC4CCN(C4)C3)cc12)c1ccccc1. The van der Waals surface area contributed by atoms with Crippen LogP contribution in [0.3, 0.4) is 0 Å². The van der Waals surface area contributed by atoms with Crippen LogP contribution in [-0.2, 0) is 0 Å². The van der Waals surface area contributed by atoms with E-state index in [1.165, 1.54) is 18.9 Å². The molecular formula is C22H22N4O3. The quantitative estimate of drug-likeness (QED) is 0.715. The standard InChI is InChI=1S/C22H22N4O3/c27-21(15-4-2-1-3-5-15)25-19-13-29-20-10-23-18(9-17(19)20)22(28)24-16-8-14-6-7-26(11-14)12-16/h1-5,9-10,13-14,16H,6-8,11-12H2,(H,24,28)(H,25,27). The molecule has 29 heavy (non-hydrogen) atoms. The highest BCUT2D eigenvalue weighted by Gasteiger charge is 2.33. The number of hydrogen-bond acceptors (Lipinski definition) is 5. The molecule has 2 fully saturated rings. The maximum Gasteiger partial charge on any atom is 0.270 e. The number of nitrogens with one attached hydrogen (secondary N) is 2. The first-order valence-corrected chi connectivity index (χ1v) is 9.92. The van der Waals surface area contributed by atoms with Gasteiger partial charge in [-0.25, -0.2) is 4.98 Å². The number of fused-ring (bicyclic) bond motifs is 3. The van der Waals surface area contributed by atoms with Crippen LogP contribution in [0.25, 0.3) is 11.0 Å². The Balaban J connectivity index is 1.33. The van der Waals surface area contributed by atoms with E-state index in [9.17, 15) is 9.59 Å². The molecule has 7 nitrogen and oxygen atoms in total. The molecule has 2 aliphatic heterocycles. The first kappa shape index (κ1) is 17.9. The summed E-state index contributed by atoms with van der Waals surface area (Å²) in [5.41, 5.74) is 1.91. The second-order valence-corrected chi connectivity index (χ2v) is 7.86. The van der Waals surface area contributed by atoms with Gasteiger partial charge in [0, 0.05) is 30.1 Å². The Morgan fingerprint density at radius 1 is 1.14 bits per heavy atom. The number of rotatable bonds is 4. The fourth-order valence-electron chi connectivity index (χ4n) is 4.36. The van der Waals surface area contributed by atoms with Crippen molar-refractivity contribution < 1.29 is 14.0 Å². The van der Waals surface area contributed by atoms with Gasteiger partial charge >= 0.3 is 0 Å². The van der Waals surface area contributed by atoms with E-state index in [1.807, 2.05) is 18.2 Å². The smallest absolute Gasteiger partial charge is 0.270 e. The number of nitrogens with zero attached hydrogens (tertiary/aromatic N) is 2. The van der Waals surface area contributed by atoms with E-state index in [1.54, 1.807) is 18.2 Å². The van der Waals surface area contributed by atoms with E-state index in [-0.39, 0.29) is 17.9 Å². The van der Waals surface area contributed by atoms with Gasteiger partial charge in [0.2, 0.25) is 0 Å². The summed E-state index contributed by atoms with van der Waals surface area (Å²) in [7, 11) is 0.